The van der Waals surface area contributed by atoms with Gasteiger partial charge in [-0.1, -0.05) is 0 Å². The number of aromatic nitrogens is 3. The fraction of sp³-hybridized carbons (Fsp3) is 0.273. The molecule has 1 N–H and O–H groups in total. The molecule has 0 aromatic carbocycles. The molecule has 3 aromatic rings. The van der Waals surface area contributed by atoms with Gasteiger partial charge in [0.15, 0.2) is 5.75 Å². The molecule has 0 fully saturated rings. The first-order valence-corrected chi connectivity index (χ1v) is 9.70. The van der Waals surface area contributed by atoms with Gasteiger partial charge in [-0.2, -0.15) is 0 Å². The first-order chi connectivity index (χ1) is 15.0. The van der Waals surface area contributed by atoms with E-state index >= 15 is 0 Å². The van der Waals surface area contributed by atoms with E-state index in [4.69, 9.17) is 9.47 Å². The molecule has 0 saturated carbocycles. The maximum Gasteiger partial charge on any atom is 0.260 e. The molecule has 1 atom stereocenters. The summed E-state index contributed by atoms with van der Waals surface area (Å²) in [5.41, 5.74) is 2.85. The summed E-state index contributed by atoms with van der Waals surface area (Å²) in [4.78, 5) is 35.5. The van der Waals surface area contributed by atoms with E-state index in [9.17, 15) is 14.7 Å². The highest BCUT2D eigenvalue weighted by atomic mass is 16.5. The van der Waals surface area contributed by atoms with Gasteiger partial charge >= 0.3 is 0 Å². The van der Waals surface area contributed by atoms with E-state index in [0.717, 1.165) is 5.56 Å². The number of methoxy groups -OCH3 is 2. The van der Waals surface area contributed by atoms with Crippen LogP contribution in [0.4, 0.5) is 5.69 Å². The Bertz CT molecular complexity index is 1210. The van der Waals surface area contributed by atoms with E-state index in [1.165, 1.54) is 24.9 Å². The third kappa shape index (κ3) is 3.64. The molecule has 1 aliphatic heterocycles. The SMILES string of the molecule is COc1cc(-c2ccc3c(n2)CN(c2ccc(=O)n(C(C)CO)c2)C3=O)cnc1OC. The van der Waals surface area contributed by atoms with Gasteiger partial charge in [-0.15, -0.1) is 0 Å². The zero-order valence-corrected chi connectivity index (χ0v) is 17.4. The molecule has 31 heavy (non-hydrogen) atoms. The number of aliphatic hydroxyl groups is 1. The number of anilines is 1. The van der Waals surface area contributed by atoms with Crippen LogP contribution in [0.5, 0.6) is 11.6 Å². The summed E-state index contributed by atoms with van der Waals surface area (Å²) in [5, 5.41) is 9.40. The number of carbonyl (C=O) groups excluding carboxylic acids is 1. The number of fused-ring (bicyclic) bond motifs is 1. The zero-order chi connectivity index (χ0) is 22.1. The highest BCUT2D eigenvalue weighted by Gasteiger charge is 2.30. The summed E-state index contributed by atoms with van der Waals surface area (Å²) in [6, 6.07) is 7.88. The number of aliphatic hydroxyl groups excluding tert-OH is 1. The third-order valence-corrected chi connectivity index (χ3v) is 5.26. The Balaban J connectivity index is 1.67. The largest absolute Gasteiger partial charge is 0.491 e. The average Bonchev–Trinajstić information content (AvgIpc) is 3.14. The number of hydrogen-bond acceptors (Lipinski definition) is 7. The number of pyridine rings is 3. The molecule has 9 nitrogen and oxygen atoms in total. The van der Waals surface area contributed by atoms with Gasteiger partial charge in [0.1, 0.15) is 0 Å². The molecule has 0 spiro atoms. The van der Waals surface area contributed by atoms with Crippen molar-refractivity contribution in [2.45, 2.75) is 19.5 Å². The van der Waals surface area contributed by atoms with Gasteiger partial charge in [0.2, 0.25) is 0 Å². The summed E-state index contributed by atoms with van der Waals surface area (Å²) in [6.45, 7) is 1.83. The van der Waals surface area contributed by atoms with Gasteiger partial charge in [0.05, 0.1) is 56.1 Å². The van der Waals surface area contributed by atoms with Crippen LogP contribution in [0.2, 0.25) is 0 Å². The van der Waals surface area contributed by atoms with Crippen molar-refractivity contribution in [3.63, 3.8) is 0 Å². The minimum atomic E-state index is -0.394. The van der Waals surface area contributed by atoms with E-state index in [2.05, 4.69) is 9.97 Å². The van der Waals surface area contributed by atoms with Gasteiger partial charge in [0, 0.05) is 24.0 Å². The van der Waals surface area contributed by atoms with Crippen LogP contribution in [-0.4, -0.2) is 46.4 Å². The van der Waals surface area contributed by atoms with E-state index in [-0.39, 0.29) is 24.6 Å². The summed E-state index contributed by atoms with van der Waals surface area (Å²) in [7, 11) is 3.05. The van der Waals surface area contributed by atoms with Crippen molar-refractivity contribution in [2.24, 2.45) is 0 Å². The quantitative estimate of drug-likeness (QED) is 0.648. The van der Waals surface area contributed by atoms with Gasteiger partial charge in [-0.3, -0.25) is 14.6 Å². The first-order valence-electron chi connectivity index (χ1n) is 9.70. The van der Waals surface area contributed by atoms with Crippen LogP contribution in [0.15, 0.2) is 47.5 Å². The highest BCUT2D eigenvalue weighted by molar-refractivity contribution is 6.09. The minimum absolute atomic E-state index is 0.179. The number of nitrogens with zero attached hydrogens (tertiary/aromatic N) is 4. The average molecular weight is 422 g/mol. The maximum atomic E-state index is 13.0. The van der Waals surface area contributed by atoms with Crippen LogP contribution in [0, 0.1) is 0 Å². The molecule has 4 rings (SSSR count). The van der Waals surface area contributed by atoms with Crippen LogP contribution in [0.1, 0.15) is 29.0 Å². The fourth-order valence-corrected chi connectivity index (χ4v) is 3.51. The van der Waals surface area contributed by atoms with Crippen molar-refractivity contribution < 1.29 is 19.4 Å². The van der Waals surface area contributed by atoms with Gasteiger partial charge in [-0.25, -0.2) is 4.98 Å². The Morgan fingerprint density at radius 1 is 1.16 bits per heavy atom. The predicted octanol–water partition coefficient (Wildman–Crippen LogP) is 2.04. The Labute approximate surface area is 178 Å². The van der Waals surface area contributed by atoms with Crippen LogP contribution in [0.25, 0.3) is 11.3 Å². The number of carbonyl (C=O) groups is 1. The van der Waals surface area contributed by atoms with Crippen LogP contribution in [0.3, 0.4) is 0 Å². The highest BCUT2D eigenvalue weighted by Crippen LogP contribution is 2.32. The molecule has 0 bridgehead atoms. The van der Waals surface area contributed by atoms with E-state index in [0.29, 0.717) is 34.3 Å². The summed E-state index contributed by atoms with van der Waals surface area (Å²) < 4.78 is 11.9. The number of ether oxygens (including phenoxy) is 2. The zero-order valence-electron chi connectivity index (χ0n) is 17.4. The maximum absolute atomic E-state index is 13.0. The van der Waals surface area contributed by atoms with E-state index in [1.54, 1.807) is 48.5 Å². The van der Waals surface area contributed by atoms with Crippen molar-refractivity contribution >= 4 is 11.6 Å². The van der Waals surface area contributed by atoms with Crippen LogP contribution in [-0.2, 0) is 6.54 Å². The lowest BCUT2D eigenvalue weighted by atomic mass is 10.1. The molecular weight excluding hydrogens is 400 g/mol. The van der Waals surface area contributed by atoms with Crippen molar-refractivity contribution in [2.75, 3.05) is 25.7 Å². The van der Waals surface area contributed by atoms with Crippen molar-refractivity contribution in [3.05, 3.63) is 64.3 Å². The summed E-state index contributed by atoms with van der Waals surface area (Å²) in [5.74, 6) is 0.669. The molecule has 0 radical (unpaired) electrons. The Hall–Kier alpha value is -3.72. The second-order valence-electron chi connectivity index (χ2n) is 7.18. The standard InChI is InChI=1S/C22H22N4O5/c1-13(12-27)25-10-15(4-7-20(25)28)26-11-18-16(22(26)29)5-6-17(24-18)14-8-19(30-2)21(31-3)23-9-14/h4-10,13,27H,11-12H2,1-3H3. The normalized spacial score (nSPS) is 13.8. The van der Waals surface area contributed by atoms with Crippen molar-refractivity contribution in [3.8, 4) is 22.9 Å². The van der Waals surface area contributed by atoms with Gasteiger partial charge < -0.3 is 24.0 Å². The second-order valence-corrected chi connectivity index (χ2v) is 7.18. The molecule has 1 amide bonds. The summed E-state index contributed by atoms with van der Waals surface area (Å²) in [6.07, 6.45) is 3.23. The molecule has 1 aliphatic rings. The topological polar surface area (TPSA) is 107 Å². The lowest BCUT2D eigenvalue weighted by Gasteiger charge is -2.19. The second kappa shape index (κ2) is 8.19. The van der Waals surface area contributed by atoms with Crippen LogP contribution >= 0.6 is 0 Å². The lowest BCUT2D eigenvalue weighted by Crippen LogP contribution is -2.28. The number of amides is 1. The number of rotatable bonds is 6. The molecule has 3 aromatic heterocycles. The monoisotopic (exact) mass is 422 g/mol. The van der Waals surface area contributed by atoms with Crippen LogP contribution < -0.4 is 19.9 Å². The Morgan fingerprint density at radius 3 is 2.68 bits per heavy atom. The minimum Gasteiger partial charge on any atom is -0.491 e. The van der Waals surface area contributed by atoms with Gasteiger partial charge in [-0.05, 0) is 31.2 Å². The molecule has 0 aliphatic carbocycles. The van der Waals surface area contributed by atoms with Crippen molar-refractivity contribution in [1.82, 2.24) is 14.5 Å². The van der Waals surface area contributed by atoms with Crippen molar-refractivity contribution in [1.29, 1.82) is 0 Å². The molecular formula is C22H22N4O5. The molecule has 1 unspecified atom stereocenters. The molecule has 4 heterocycles. The molecule has 0 saturated heterocycles. The summed E-state index contributed by atoms with van der Waals surface area (Å²) >= 11 is 0. The number of hydrogen-bond donors (Lipinski definition) is 1. The Kier molecular flexibility index (Phi) is 5.43. The predicted molar refractivity (Wildman–Crippen MR) is 114 cm³/mol. The lowest BCUT2D eigenvalue weighted by molar-refractivity contribution is 0.0996. The first kappa shape index (κ1) is 20.5. The Morgan fingerprint density at radius 2 is 1.97 bits per heavy atom. The molecule has 9 heteroatoms. The third-order valence-electron chi connectivity index (χ3n) is 5.26. The smallest absolute Gasteiger partial charge is 0.260 e. The van der Waals surface area contributed by atoms with E-state index < -0.39 is 6.04 Å². The van der Waals surface area contributed by atoms with Gasteiger partial charge in [0.25, 0.3) is 17.3 Å². The fourth-order valence-electron chi connectivity index (χ4n) is 3.51. The molecule has 160 valence electrons. The van der Waals surface area contributed by atoms with E-state index in [1.807, 2.05) is 0 Å².